The first-order chi connectivity index (χ1) is 9.20. The molecule has 96 valence electrons. The second-order valence-corrected chi connectivity index (χ2v) is 4.02. The van der Waals surface area contributed by atoms with Gasteiger partial charge in [0.05, 0.1) is 12.0 Å². The van der Waals surface area contributed by atoms with E-state index in [9.17, 15) is 4.79 Å². The summed E-state index contributed by atoms with van der Waals surface area (Å²) in [6.45, 7) is -0.256. The molecule has 0 bridgehead atoms. The molecule has 1 aromatic carbocycles. The molecule has 0 aliphatic heterocycles. The van der Waals surface area contributed by atoms with Crippen molar-refractivity contribution in [1.82, 2.24) is 0 Å². The quantitative estimate of drug-likeness (QED) is 0.828. The Balaban J connectivity index is 2.28. The highest BCUT2D eigenvalue weighted by atomic mass is 35.5. The van der Waals surface area contributed by atoms with Crippen LogP contribution in [0.15, 0.2) is 41.0 Å². The van der Waals surface area contributed by atoms with E-state index in [2.05, 4.69) is 17.2 Å². The fourth-order valence-corrected chi connectivity index (χ4v) is 1.63. The molecule has 1 heterocycles. The molecule has 0 spiro atoms. The van der Waals surface area contributed by atoms with Crippen molar-refractivity contribution in [3.05, 3.63) is 52.9 Å². The molecular formula is C14H10ClNO3. The Kier molecular flexibility index (Phi) is 4.24. The van der Waals surface area contributed by atoms with E-state index in [1.807, 2.05) is 0 Å². The van der Waals surface area contributed by atoms with Crippen molar-refractivity contribution in [3.8, 4) is 11.8 Å². The summed E-state index contributed by atoms with van der Waals surface area (Å²) in [6, 6.07) is 8.09. The molecule has 5 heteroatoms. The molecule has 2 aromatic rings. The minimum absolute atomic E-state index is 0.195. The largest absolute Gasteiger partial charge is 0.459 e. The molecule has 0 saturated heterocycles. The van der Waals surface area contributed by atoms with Crippen molar-refractivity contribution in [2.24, 2.45) is 0 Å². The Morgan fingerprint density at radius 2 is 2.26 bits per heavy atom. The van der Waals surface area contributed by atoms with Gasteiger partial charge in [0.2, 0.25) is 0 Å². The molecule has 0 atom stereocenters. The van der Waals surface area contributed by atoms with Crippen molar-refractivity contribution in [2.75, 3.05) is 11.9 Å². The number of carbonyl (C=O) groups is 1. The number of halogens is 1. The molecule has 1 amide bonds. The molecule has 2 N–H and O–H groups in total. The first kappa shape index (κ1) is 13.2. The highest BCUT2D eigenvalue weighted by molar-refractivity contribution is 6.31. The molecular weight excluding hydrogens is 266 g/mol. The lowest BCUT2D eigenvalue weighted by atomic mass is 10.1. The Morgan fingerprint density at radius 3 is 2.95 bits per heavy atom. The number of hydrogen-bond acceptors (Lipinski definition) is 3. The van der Waals surface area contributed by atoms with Crippen molar-refractivity contribution >= 4 is 23.2 Å². The minimum atomic E-state index is -0.390. The Morgan fingerprint density at radius 1 is 1.42 bits per heavy atom. The van der Waals surface area contributed by atoms with E-state index in [1.54, 1.807) is 30.3 Å². The van der Waals surface area contributed by atoms with Crippen LogP contribution in [0.5, 0.6) is 0 Å². The van der Waals surface area contributed by atoms with Crippen molar-refractivity contribution < 1.29 is 14.3 Å². The predicted molar refractivity (Wildman–Crippen MR) is 72.1 cm³/mol. The number of aliphatic hydroxyl groups excluding tert-OH is 1. The minimum Gasteiger partial charge on any atom is -0.459 e. The molecule has 0 unspecified atom stereocenters. The van der Waals surface area contributed by atoms with Gasteiger partial charge in [0.15, 0.2) is 5.76 Å². The maximum atomic E-state index is 11.9. The molecule has 2 rings (SSSR count). The molecule has 19 heavy (non-hydrogen) atoms. The van der Waals surface area contributed by atoms with Crippen molar-refractivity contribution in [1.29, 1.82) is 0 Å². The number of benzene rings is 1. The van der Waals surface area contributed by atoms with Crippen LogP contribution in [0, 0.1) is 11.8 Å². The van der Waals surface area contributed by atoms with Crippen LogP contribution in [0.1, 0.15) is 16.1 Å². The number of anilines is 1. The third-order valence-electron chi connectivity index (χ3n) is 2.28. The van der Waals surface area contributed by atoms with Gasteiger partial charge < -0.3 is 14.8 Å². The van der Waals surface area contributed by atoms with E-state index >= 15 is 0 Å². The lowest BCUT2D eigenvalue weighted by molar-refractivity contribution is 0.0996. The maximum absolute atomic E-state index is 11.9. The number of aliphatic hydroxyl groups is 1. The van der Waals surface area contributed by atoms with Gasteiger partial charge in [-0.1, -0.05) is 23.4 Å². The number of carbonyl (C=O) groups excluding carboxylic acids is 1. The Labute approximate surface area is 115 Å². The van der Waals surface area contributed by atoms with Gasteiger partial charge in [-0.05, 0) is 30.3 Å². The van der Waals surface area contributed by atoms with Crippen LogP contribution in [0.4, 0.5) is 5.69 Å². The Bertz CT molecular complexity index is 638. The summed E-state index contributed by atoms with van der Waals surface area (Å²) in [4.78, 5) is 11.9. The standard InChI is InChI=1S/C14H10ClNO3/c15-11-6-5-10(3-1-7-17)12(9-11)16-14(18)13-4-2-8-19-13/h2,4-6,8-9,17H,7H2,(H,16,18). The third-order valence-corrected chi connectivity index (χ3v) is 2.51. The van der Waals surface area contributed by atoms with Crippen LogP contribution in [0.25, 0.3) is 0 Å². The smallest absolute Gasteiger partial charge is 0.291 e. The summed E-state index contributed by atoms with van der Waals surface area (Å²) in [5, 5.41) is 11.8. The van der Waals surface area contributed by atoms with E-state index in [1.165, 1.54) is 6.26 Å². The summed E-state index contributed by atoms with van der Waals surface area (Å²) in [7, 11) is 0. The van der Waals surface area contributed by atoms with E-state index in [0.717, 1.165) is 0 Å². The van der Waals surface area contributed by atoms with Crippen LogP contribution in [0.3, 0.4) is 0 Å². The van der Waals surface area contributed by atoms with Gasteiger partial charge in [-0.3, -0.25) is 4.79 Å². The highest BCUT2D eigenvalue weighted by Gasteiger charge is 2.11. The molecule has 0 aliphatic carbocycles. The molecule has 0 fully saturated rings. The van der Waals surface area contributed by atoms with Crippen LogP contribution >= 0.6 is 11.6 Å². The third kappa shape index (κ3) is 3.38. The van der Waals surface area contributed by atoms with E-state index in [4.69, 9.17) is 21.1 Å². The summed E-state index contributed by atoms with van der Waals surface area (Å²) >= 11 is 5.89. The topological polar surface area (TPSA) is 62.5 Å². The van der Waals surface area contributed by atoms with Gasteiger partial charge in [-0.15, -0.1) is 0 Å². The van der Waals surface area contributed by atoms with Gasteiger partial charge in [0.1, 0.15) is 6.61 Å². The highest BCUT2D eigenvalue weighted by Crippen LogP contribution is 2.21. The van der Waals surface area contributed by atoms with Gasteiger partial charge >= 0.3 is 0 Å². The number of amides is 1. The van der Waals surface area contributed by atoms with Crippen LogP contribution in [-0.4, -0.2) is 17.6 Å². The summed E-state index contributed by atoms with van der Waals surface area (Å²) in [5.74, 6) is 5.06. The van der Waals surface area contributed by atoms with Crippen LogP contribution < -0.4 is 5.32 Å². The van der Waals surface area contributed by atoms with Gasteiger partial charge in [-0.2, -0.15) is 0 Å². The Hall–Kier alpha value is -2.22. The molecule has 1 aromatic heterocycles. The first-order valence-electron chi connectivity index (χ1n) is 5.45. The summed E-state index contributed by atoms with van der Waals surface area (Å²) < 4.78 is 5.00. The second kappa shape index (κ2) is 6.10. The normalized spacial score (nSPS) is 9.58. The average molecular weight is 276 g/mol. The SMILES string of the molecule is O=C(Nc1cc(Cl)ccc1C#CCO)c1ccco1. The van der Waals surface area contributed by atoms with E-state index in [-0.39, 0.29) is 18.3 Å². The summed E-state index contributed by atoms with van der Waals surface area (Å²) in [6.07, 6.45) is 1.42. The predicted octanol–water partition coefficient (Wildman–Crippen LogP) is 2.53. The maximum Gasteiger partial charge on any atom is 0.291 e. The number of hydrogen-bond donors (Lipinski definition) is 2. The number of nitrogens with one attached hydrogen (secondary N) is 1. The lowest BCUT2D eigenvalue weighted by Gasteiger charge is -2.06. The van der Waals surface area contributed by atoms with Gasteiger partial charge in [-0.25, -0.2) is 0 Å². The van der Waals surface area contributed by atoms with Crippen LogP contribution in [-0.2, 0) is 0 Å². The van der Waals surface area contributed by atoms with Gasteiger partial charge in [0.25, 0.3) is 5.91 Å². The molecule has 0 saturated carbocycles. The zero-order chi connectivity index (χ0) is 13.7. The molecule has 4 nitrogen and oxygen atoms in total. The van der Waals surface area contributed by atoms with Gasteiger partial charge in [0, 0.05) is 10.6 Å². The van der Waals surface area contributed by atoms with E-state index in [0.29, 0.717) is 16.3 Å². The number of rotatable bonds is 2. The zero-order valence-corrected chi connectivity index (χ0v) is 10.6. The second-order valence-electron chi connectivity index (χ2n) is 3.58. The summed E-state index contributed by atoms with van der Waals surface area (Å²) in [5.41, 5.74) is 1.04. The molecule has 0 radical (unpaired) electrons. The van der Waals surface area contributed by atoms with Crippen molar-refractivity contribution in [2.45, 2.75) is 0 Å². The monoisotopic (exact) mass is 275 g/mol. The average Bonchev–Trinajstić information content (AvgIpc) is 2.92. The fraction of sp³-hybridized carbons (Fsp3) is 0.0714. The lowest BCUT2D eigenvalue weighted by Crippen LogP contribution is -2.11. The fourth-order valence-electron chi connectivity index (χ4n) is 1.46. The zero-order valence-electron chi connectivity index (χ0n) is 9.81. The number of furan rings is 1. The first-order valence-corrected chi connectivity index (χ1v) is 5.82. The van der Waals surface area contributed by atoms with Crippen LogP contribution in [0.2, 0.25) is 5.02 Å². The van der Waals surface area contributed by atoms with E-state index < -0.39 is 0 Å². The molecule has 0 aliphatic rings. The van der Waals surface area contributed by atoms with Crippen molar-refractivity contribution in [3.63, 3.8) is 0 Å².